The smallest absolute Gasteiger partial charge is 0.274 e. The number of phenolic OH excluding ortho intramolecular Hbond substituents is 1. The Labute approximate surface area is 122 Å². The van der Waals surface area contributed by atoms with Crippen LogP contribution in [0, 0.1) is 0 Å². The van der Waals surface area contributed by atoms with E-state index >= 15 is 0 Å². The zero-order valence-corrected chi connectivity index (χ0v) is 11.6. The summed E-state index contributed by atoms with van der Waals surface area (Å²) in [5, 5.41) is 23.7. The summed E-state index contributed by atoms with van der Waals surface area (Å²) in [6.45, 7) is 0.486. The molecule has 21 heavy (non-hydrogen) atoms. The van der Waals surface area contributed by atoms with Crippen LogP contribution in [0.2, 0.25) is 0 Å². The molecule has 0 atom stereocenters. The van der Waals surface area contributed by atoms with Crippen molar-refractivity contribution in [1.82, 2.24) is 10.6 Å². The molecule has 1 heterocycles. The van der Waals surface area contributed by atoms with Gasteiger partial charge in [0, 0.05) is 13.2 Å². The number of aliphatic hydroxyl groups excluding tert-OH is 1. The number of phenols is 1. The first kappa shape index (κ1) is 14.9. The van der Waals surface area contributed by atoms with Crippen molar-refractivity contribution in [3.8, 4) is 11.5 Å². The van der Waals surface area contributed by atoms with Crippen LogP contribution in [0.4, 0.5) is 0 Å². The molecule has 1 aliphatic heterocycles. The summed E-state index contributed by atoms with van der Waals surface area (Å²) in [6.07, 6.45) is 2.17. The van der Waals surface area contributed by atoms with E-state index in [1.165, 1.54) is 13.2 Å². The van der Waals surface area contributed by atoms with Crippen molar-refractivity contribution < 1.29 is 19.7 Å². The topological polar surface area (TPSA) is 103 Å². The van der Waals surface area contributed by atoms with E-state index in [0.717, 1.165) is 0 Å². The molecule has 0 aromatic heterocycles. The number of nitrogens with zero attached hydrogens (tertiary/aromatic N) is 1. The summed E-state index contributed by atoms with van der Waals surface area (Å²) < 4.78 is 5.02. The Morgan fingerprint density at radius 3 is 2.90 bits per heavy atom. The van der Waals surface area contributed by atoms with E-state index in [2.05, 4.69) is 15.6 Å². The van der Waals surface area contributed by atoms with Crippen molar-refractivity contribution in [3.05, 3.63) is 29.5 Å². The van der Waals surface area contributed by atoms with E-state index in [4.69, 9.17) is 9.84 Å². The number of carbonyl (C=O) groups excluding carboxylic acids is 1. The van der Waals surface area contributed by atoms with Gasteiger partial charge in [0.2, 0.25) is 5.96 Å². The van der Waals surface area contributed by atoms with Crippen molar-refractivity contribution >= 4 is 17.9 Å². The molecular weight excluding hydrogens is 274 g/mol. The highest BCUT2D eigenvalue weighted by molar-refractivity contribution is 6.15. The third kappa shape index (κ3) is 3.73. The number of hydrogen-bond donors (Lipinski definition) is 4. The number of aromatic hydroxyl groups is 1. The van der Waals surface area contributed by atoms with Gasteiger partial charge in [0.05, 0.1) is 7.11 Å². The van der Waals surface area contributed by atoms with Gasteiger partial charge in [-0.2, -0.15) is 0 Å². The molecule has 4 N–H and O–H groups in total. The number of guanidine groups is 1. The van der Waals surface area contributed by atoms with Crippen molar-refractivity contribution in [3.63, 3.8) is 0 Å². The van der Waals surface area contributed by atoms with Gasteiger partial charge in [-0.3, -0.25) is 15.1 Å². The first-order valence-electron chi connectivity index (χ1n) is 6.46. The second kappa shape index (κ2) is 6.76. The lowest BCUT2D eigenvalue weighted by Crippen LogP contribution is -2.25. The molecule has 0 saturated carbocycles. The maximum atomic E-state index is 11.8. The monoisotopic (exact) mass is 291 g/mol. The summed E-state index contributed by atoms with van der Waals surface area (Å²) in [5.74, 6) is 0.449. The average Bonchev–Trinajstić information content (AvgIpc) is 2.81. The fourth-order valence-electron chi connectivity index (χ4n) is 1.78. The van der Waals surface area contributed by atoms with Crippen LogP contribution < -0.4 is 15.4 Å². The van der Waals surface area contributed by atoms with E-state index in [1.54, 1.807) is 18.2 Å². The molecule has 1 saturated heterocycles. The SMILES string of the molecule is COc1cc(/C=C2/NC(=NCCCO)NC2=O)ccc1O. The Hall–Kier alpha value is -2.54. The van der Waals surface area contributed by atoms with Gasteiger partial charge in [0.1, 0.15) is 5.70 Å². The Balaban J connectivity index is 2.14. The number of benzene rings is 1. The van der Waals surface area contributed by atoms with Crippen LogP contribution in [0.25, 0.3) is 6.08 Å². The molecule has 2 rings (SSSR count). The normalized spacial score (nSPS) is 17.9. The van der Waals surface area contributed by atoms with Gasteiger partial charge in [0.25, 0.3) is 5.91 Å². The highest BCUT2D eigenvalue weighted by Crippen LogP contribution is 2.27. The highest BCUT2D eigenvalue weighted by Gasteiger charge is 2.21. The summed E-state index contributed by atoms with van der Waals surface area (Å²) in [6, 6.07) is 4.78. The zero-order valence-electron chi connectivity index (χ0n) is 11.6. The number of rotatable bonds is 5. The van der Waals surface area contributed by atoms with Crippen molar-refractivity contribution in [2.24, 2.45) is 4.99 Å². The lowest BCUT2D eigenvalue weighted by Gasteiger charge is -2.04. The molecular formula is C14H17N3O4. The van der Waals surface area contributed by atoms with Crippen LogP contribution in [0.3, 0.4) is 0 Å². The van der Waals surface area contributed by atoms with Crippen LogP contribution in [0.15, 0.2) is 28.9 Å². The predicted molar refractivity (Wildman–Crippen MR) is 77.9 cm³/mol. The number of carbonyl (C=O) groups is 1. The molecule has 7 heteroatoms. The molecule has 0 unspecified atom stereocenters. The van der Waals surface area contributed by atoms with E-state index in [0.29, 0.717) is 35.9 Å². The van der Waals surface area contributed by atoms with Gasteiger partial charge in [-0.15, -0.1) is 0 Å². The molecule has 0 spiro atoms. The Morgan fingerprint density at radius 2 is 2.19 bits per heavy atom. The third-order valence-electron chi connectivity index (χ3n) is 2.83. The predicted octanol–water partition coefficient (Wildman–Crippen LogP) is 0.200. The fraction of sp³-hybridized carbons (Fsp3) is 0.286. The van der Waals surface area contributed by atoms with Crippen LogP contribution in [-0.4, -0.2) is 42.3 Å². The summed E-state index contributed by atoms with van der Waals surface area (Å²) in [4.78, 5) is 15.9. The molecule has 1 aliphatic rings. The van der Waals surface area contributed by atoms with Crippen molar-refractivity contribution in [2.45, 2.75) is 6.42 Å². The van der Waals surface area contributed by atoms with Crippen LogP contribution in [-0.2, 0) is 4.79 Å². The van der Waals surface area contributed by atoms with E-state index in [1.807, 2.05) is 0 Å². The second-order valence-electron chi connectivity index (χ2n) is 4.38. The lowest BCUT2D eigenvalue weighted by atomic mass is 10.1. The Bertz CT molecular complexity index is 596. The molecule has 112 valence electrons. The molecule has 1 aromatic rings. The van der Waals surface area contributed by atoms with Crippen LogP contribution in [0.1, 0.15) is 12.0 Å². The lowest BCUT2D eigenvalue weighted by molar-refractivity contribution is -0.115. The Kier molecular flexibility index (Phi) is 4.78. The molecule has 1 fully saturated rings. The fourth-order valence-corrected chi connectivity index (χ4v) is 1.78. The van der Waals surface area contributed by atoms with Gasteiger partial charge < -0.3 is 20.3 Å². The molecule has 0 aliphatic carbocycles. The van der Waals surface area contributed by atoms with Gasteiger partial charge in [0.15, 0.2) is 11.5 Å². The standard InChI is InChI=1S/C14H17N3O4/c1-21-12-8-9(3-4-11(12)19)7-10-13(20)17-14(16-10)15-5-2-6-18/h3-4,7-8,18-19H,2,5-6H2,1H3,(H2,15,16,17,20)/b10-7+. The molecule has 0 bridgehead atoms. The van der Waals surface area contributed by atoms with Gasteiger partial charge in [-0.1, -0.05) is 6.07 Å². The van der Waals surface area contributed by atoms with E-state index in [-0.39, 0.29) is 18.3 Å². The average molecular weight is 291 g/mol. The largest absolute Gasteiger partial charge is 0.504 e. The third-order valence-corrected chi connectivity index (χ3v) is 2.83. The quantitative estimate of drug-likeness (QED) is 0.458. The van der Waals surface area contributed by atoms with E-state index in [9.17, 15) is 9.90 Å². The number of methoxy groups -OCH3 is 1. The number of hydrogen-bond acceptors (Lipinski definition) is 5. The highest BCUT2D eigenvalue weighted by atomic mass is 16.5. The summed E-state index contributed by atoms with van der Waals surface area (Å²) >= 11 is 0. The van der Waals surface area contributed by atoms with E-state index < -0.39 is 0 Å². The molecule has 7 nitrogen and oxygen atoms in total. The van der Waals surface area contributed by atoms with Crippen LogP contribution in [0.5, 0.6) is 11.5 Å². The van der Waals surface area contributed by atoms with Gasteiger partial charge in [-0.25, -0.2) is 0 Å². The maximum Gasteiger partial charge on any atom is 0.274 e. The van der Waals surface area contributed by atoms with Crippen molar-refractivity contribution in [1.29, 1.82) is 0 Å². The first-order chi connectivity index (χ1) is 10.1. The molecule has 1 aromatic carbocycles. The number of nitrogens with one attached hydrogen (secondary N) is 2. The molecule has 1 amide bonds. The number of aliphatic hydroxyl groups is 1. The van der Waals surface area contributed by atoms with Crippen molar-refractivity contribution in [2.75, 3.05) is 20.3 Å². The molecule has 0 radical (unpaired) electrons. The summed E-state index contributed by atoms with van der Waals surface area (Å²) in [5.41, 5.74) is 1.06. The minimum Gasteiger partial charge on any atom is -0.504 e. The Morgan fingerprint density at radius 1 is 1.38 bits per heavy atom. The summed E-state index contributed by atoms with van der Waals surface area (Å²) in [7, 11) is 1.46. The minimum absolute atomic E-state index is 0.0368. The maximum absolute atomic E-state index is 11.8. The van der Waals surface area contributed by atoms with Gasteiger partial charge >= 0.3 is 0 Å². The zero-order chi connectivity index (χ0) is 15.2. The first-order valence-corrected chi connectivity index (χ1v) is 6.46. The van der Waals surface area contributed by atoms with Crippen LogP contribution >= 0.6 is 0 Å². The number of aliphatic imine (C=N–C) groups is 1. The second-order valence-corrected chi connectivity index (χ2v) is 4.38. The van der Waals surface area contributed by atoms with Gasteiger partial charge in [-0.05, 0) is 30.2 Å². The minimum atomic E-state index is -0.287. The number of ether oxygens (including phenoxy) is 1. The number of amides is 1.